The molecule has 2 aromatic rings. The summed E-state index contributed by atoms with van der Waals surface area (Å²) in [5.74, 6) is -1.96. The maximum atomic E-state index is 12.6. The maximum Gasteiger partial charge on any atom is 0.392 e. The fourth-order valence-electron chi connectivity index (χ4n) is 2.21. The van der Waals surface area contributed by atoms with Gasteiger partial charge < -0.3 is 0 Å². The molecule has 1 fully saturated rings. The summed E-state index contributed by atoms with van der Waals surface area (Å²) in [5.41, 5.74) is -0.919. The highest BCUT2D eigenvalue weighted by molar-refractivity contribution is 5.31. The second-order valence-corrected chi connectivity index (χ2v) is 4.82. The fraction of sp³-hybridized carbons (Fsp3) is 0.333. The van der Waals surface area contributed by atoms with Gasteiger partial charge in [-0.05, 0) is 24.0 Å². The van der Waals surface area contributed by atoms with Gasteiger partial charge in [0.25, 0.3) is 5.56 Å². The molecule has 0 spiro atoms. The molecule has 21 heavy (non-hydrogen) atoms. The molecule has 0 amide bonds. The molecule has 1 N–H and O–H groups in total. The van der Waals surface area contributed by atoms with Gasteiger partial charge in [0.1, 0.15) is 0 Å². The fourth-order valence-corrected chi connectivity index (χ4v) is 2.21. The van der Waals surface area contributed by atoms with Crippen molar-refractivity contribution in [2.24, 2.45) is 5.92 Å². The molecule has 0 aromatic carbocycles. The minimum atomic E-state index is -4.23. The number of H-pyrrole nitrogens is 1. The Morgan fingerprint density at radius 3 is 2.71 bits per heavy atom. The summed E-state index contributed by atoms with van der Waals surface area (Å²) in [6, 6.07) is 2.49. The molecule has 0 aliphatic heterocycles. The van der Waals surface area contributed by atoms with E-state index < -0.39 is 29.3 Å². The van der Waals surface area contributed by atoms with Gasteiger partial charge in [-0.3, -0.25) is 14.3 Å². The van der Waals surface area contributed by atoms with Crippen molar-refractivity contribution >= 4 is 0 Å². The highest BCUT2D eigenvalue weighted by Gasteiger charge is 2.56. The van der Waals surface area contributed by atoms with E-state index in [1.54, 1.807) is 0 Å². The number of rotatable bonds is 2. The van der Waals surface area contributed by atoms with Crippen molar-refractivity contribution < 1.29 is 13.2 Å². The molecule has 0 bridgehead atoms. The summed E-state index contributed by atoms with van der Waals surface area (Å²) >= 11 is 0. The van der Waals surface area contributed by atoms with Gasteiger partial charge >= 0.3 is 11.9 Å². The van der Waals surface area contributed by atoms with Crippen molar-refractivity contribution in [3.63, 3.8) is 0 Å². The van der Waals surface area contributed by atoms with Gasteiger partial charge in [0.2, 0.25) is 0 Å². The molecule has 0 saturated heterocycles. The van der Waals surface area contributed by atoms with Crippen LogP contribution in [-0.2, 0) is 0 Å². The summed E-state index contributed by atoms with van der Waals surface area (Å²) in [5, 5.41) is 7.34. The summed E-state index contributed by atoms with van der Waals surface area (Å²) in [6.45, 7) is 0. The Morgan fingerprint density at radius 1 is 1.33 bits per heavy atom. The molecule has 1 aliphatic rings. The number of hydrogen-bond acceptors (Lipinski definition) is 4. The molecule has 1 aliphatic carbocycles. The number of alkyl halides is 3. The van der Waals surface area contributed by atoms with Crippen LogP contribution < -0.4 is 11.2 Å². The first-order valence-electron chi connectivity index (χ1n) is 6.08. The lowest BCUT2D eigenvalue weighted by Gasteiger charge is -2.07. The van der Waals surface area contributed by atoms with E-state index in [0.29, 0.717) is 5.56 Å². The molecular formula is C12H9F3N4O2. The Balaban J connectivity index is 1.95. The van der Waals surface area contributed by atoms with Crippen molar-refractivity contribution in [3.8, 4) is 5.82 Å². The molecule has 2 aromatic heterocycles. The van der Waals surface area contributed by atoms with Crippen LogP contribution in [0.25, 0.3) is 5.82 Å². The number of nitrogens with one attached hydrogen (secondary N) is 1. The molecule has 2 heterocycles. The van der Waals surface area contributed by atoms with Crippen molar-refractivity contribution in [3.05, 3.63) is 50.9 Å². The SMILES string of the molecule is O=c1ccn(-c2cc(C3CC3C(F)(F)F)cnn2)c(=O)[nH]1. The Bertz CT molecular complexity index is 796. The van der Waals surface area contributed by atoms with Crippen LogP contribution >= 0.6 is 0 Å². The Morgan fingerprint density at radius 2 is 2.10 bits per heavy atom. The average molecular weight is 298 g/mol. The third-order valence-electron chi connectivity index (χ3n) is 3.37. The Kier molecular flexibility index (Phi) is 2.92. The van der Waals surface area contributed by atoms with Gasteiger partial charge in [0, 0.05) is 12.3 Å². The van der Waals surface area contributed by atoms with Crippen molar-refractivity contribution in [1.29, 1.82) is 0 Å². The monoisotopic (exact) mass is 298 g/mol. The van der Waals surface area contributed by atoms with Crippen LogP contribution in [0, 0.1) is 5.92 Å². The molecule has 9 heteroatoms. The van der Waals surface area contributed by atoms with E-state index in [1.165, 1.54) is 18.5 Å². The number of aromatic amines is 1. The lowest BCUT2D eigenvalue weighted by atomic mass is 10.1. The lowest BCUT2D eigenvalue weighted by molar-refractivity contribution is -0.148. The highest BCUT2D eigenvalue weighted by Crippen LogP contribution is 2.55. The standard InChI is InChI=1S/C12H9F3N4O2/c13-12(14,15)8-4-7(8)6-3-9(18-16-5-6)19-2-1-10(20)17-11(19)21/h1-3,5,7-8H,4H2,(H,17,20,21). The Hall–Kier alpha value is -2.45. The quantitative estimate of drug-likeness (QED) is 0.896. The predicted molar refractivity (Wildman–Crippen MR) is 65.2 cm³/mol. The van der Waals surface area contributed by atoms with Crippen LogP contribution in [0.3, 0.4) is 0 Å². The number of nitrogens with zero attached hydrogens (tertiary/aromatic N) is 3. The van der Waals surface area contributed by atoms with E-state index in [4.69, 9.17) is 0 Å². The first kappa shape index (κ1) is 13.5. The molecule has 0 radical (unpaired) electrons. The van der Waals surface area contributed by atoms with Gasteiger partial charge in [-0.25, -0.2) is 4.79 Å². The van der Waals surface area contributed by atoms with Gasteiger partial charge in [-0.1, -0.05) is 0 Å². The van der Waals surface area contributed by atoms with E-state index in [9.17, 15) is 22.8 Å². The second kappa shape index (κ2) is 4.54. The predicted octanol–water partition coefficient (Wildman–Crippen LogP) is 0.982. The van der Waals surface area contributed by atoms with Gasteiger partial charge in [-0.2, -0.15) is 18.3 Å². The molecule has 6 nitrogen and oxygen atoms in total. The normalized spacial score (nSPS) is 21.3. The average Bonchev–Trinajstić information content (AvgIpc) is 3.19. The van der Waals surface area contributed by atoms with E-state index in [1.807, 2.05) is 4.98 Å². The number of halogens is 3. The Labute approximate surface area is 115 Å². The lowest BCUT2D eigenvalue weighted by Crippen LogP contribution is -2.28. The molecule has 2 unspecified atom stereocenters. The zero-order chi connectivity index (χ0) is 15.2. The molecular weight excluding hydrogens is 289 g/mol. The van der Waals surface area contributed by atoms with Gasteiger partial charge in [0.15, 0.2) is 5.82 Å². The molecule has 2 atom stereocenters. The molecule has 3 rings (SSSR count). The van der Waals surface area contributed by atoms with Gasteiger partial charge in [0.05, 0.1) is 12.1 Å². The summed E-state index contributed by atoms with van der Waals surface area (Å²) < 4.78 is 38.7. The van der Waals surface area contributed by atoms with Gasteiger partial charge in [-0.15, -0.1) is 5.10 Å². The maximum absolute atomic E-state index is 12.6. The first-order valence-corrected chi connectivity index (χ1v) is 6.08. The van der Waals surface area contributed by atoms with Crippen molar-refractivity contribution in [2.45, 2.75) is 18.5 Å². The second-order valence-electron chi connectivity index (χ2n) is 4.82. The van der Waals surface area contributed by atoms with E-state index >= 15 is 0 Å². The smallest absolute Gasteiger partial charge is 0.274 e. The zero-order valence-electron chi connectivity index (χ0n) is 10.5. The van der Waals surface area contributed by atoms with Crippen LogP contribution in [0.15, 0.2) is 34.1 Å². The summed E-state index contributed by atoms with van der Waals surface area (Å²) in [7, 11) is 0. The van der Waals surface area contributed by atoms with Crippen LogP contribution in [0.2, 0.25) is 0 Å². The largest absolute Gasteiger partial charge is 0.392 e. The third-order valence-corrected chi connectivity index (χ3v) is 3.37. The van der Waals surface area contributed by atoms with Crippen LogP contribution in [0.4, 0.5) is 13.2 Å². The van der Waals surface area contributed by atoms with Crippen molar-refractivity contribution in [1.82, 2.24) is 19.7 Å². The van der Waals surface area contributed by atoms with Crippen LogP contribution in [-0.4, -0.2) is 25.9 Å². The van der Waals surface area contributed by atoms with Crippen molar-refractivity contribution in [2.75, 3.05) is 0 Å². The van der Waals surface area contributed by atoms with Crippen LogP contribution in [0.1, 0.15) is 17.9 Å². The summed E-state index contributed by atoms with van der Waals surface area (Å²) in [6.07, 6.45) is -1.77. The summed E-state index contributed by atoms with van der Waals surface area (Å²) in [4.78, 5) is 24.6. The highest BCUT2D eigenvalue weighted by atomic mass is 19.4. The first-order chi connectivity index (χ1) is 9.86. The molecule has 1 saturated carbocycles. The van der Waals surface area contributed by atoms with E-state index in [2.05, 4.69) is 10.2 Å². The topological polar surface area (TPSA) is 80.6 Å². The van der Waals surface area contributed by atoms with E-state index in [-0.39, 0.29) is 12.2 Å². The minimum Gasteiger partial charge on any atom is -0.274 e. The van der Waals surface area contributed by atoms with E-state index in [0.717, 1.165) is 10.6 Å². The number of aromatic nitrogens is 4. The zero-order valence-corrected chi connectivity index (χ0v) is 10.5. The minimum absolute atomic E-state index is 0.00908. The van der Waals surface area contributed by atoms with Crippen LogP contribution in [0.5, 0.6) is 0 Å². The molecule has 110 valence electrons. The number of hydrogen-bond donors (Lipinski definition) is 1. The third kappa shape index (κ3) is 2.58.